The van der Waals surface area contributed by atoms with E-state index in [1.165, 1.54) is 0 Å². The van der Waals surface area contributed by atoms with Crippen molar-refractivity contribution in [1.82, 2.24) is 9.55 Å². The standard InChI is InChI=1S/C9H15N3S/c1-3-7(9(10)13)12-6-5-11-8(12)4-2/h5-7H,3-4H2,1-2H3,(H2,10,13). The molecule has 0 aliphatic rings. The second-order valence-electron chi connectivity index (χ2n) is 2.93. The Bertz CT molecular complexity index is 293. The van der Waals surface area contributed by atoms with Crippen LogP contribution in [0.4, 0.5) is 0 Å². The molecule has 0 aromatic carbocycles. The van der Waals surface area contributed by atoms with Crippen molar-refractivity contribution < 1.29 is 0 Å². The highest BCUT2D eigenvalue weighted by molar-refractivity contribution is 7.80. The third-order valence-electron chi connectivity index (χ3n) is 2.12. The average Bonchev–Trinajstić information content (AvgIpc) is 2.53. The number of hydrogen-bond donors (Lipinski definition) is 1. The third-order valence-corrected chi connectivity index (χ3v) is 2.39. The Hall–Kier alpha value is -0.900. The number of nitrogens with zero attached hydrogens (tertiary/aromatic N) is 2. The molecule has 1 rings (SSSR count). The van der Waals surface area contributed by atoms with Gasteiger partial charge in [0.15, 0.2) is 0 Å². The van der Waals surface area contributed by atoms with Crippen molar-refractivity contribution in [1.29, 1.82) is 0 Å². The molecular formula is C9H15N3S. The molecule has 1 aromatic rings. The molecule has 0 spiro atoms. The predicted octanol–water partition coefficient (Wildman–Crippen LogP) is 1.68. The van der Waals surface area contributed by atoms with Crippen molar-refractivity contribution >= 4 is 17.2 Å². The van der Waals surface area contributed by atoms with Crippen LogP contribution in [-0.2, 0) is 6.42 Å². The number of aryl methyl sites for hydroxylation is 1. The lowest BCUT2D eigenvalue weighted by atomic mass is 10.2. The summed E-state index contributed by atoms with van der Waals surface area (Å²) in [5.74, 6) is 1.04. The maximum Gasteiger partial charge on any atom is 0.108 e. The van der Waals surface area contributed by atoms with Gasteiger partial charge in [0, 0.05) is 18.8 Å². The van der Waals surface area contributed by atoms with Crippen molar-refractivity contribution in [2.45, 2.75) is 32.7 Å². The van der Waals surface area contributed by atoms with Gasteiger partial charge in [0.05, 0.1) is 11.0 Å². The van der Waals surface area contributed by atoms with Gasteiger partial charge in [0.25, 0.3) is 0 Å². The van der Waals surface area contributed by atoms with E-state index in [1.54, 1.807) is 6.20 Å². The summed E-state index contributed by atoms with van der Waals surface area (Å²) in [5, 5.41) is 0. The highest BCUT2D eigenvalue weighted by atomic mass is 32.1. The van der Waals surface area contributed by atoms with E-state index in [1.807, 2.05) is 6.20 Å². The molecule has 0 aliphatic carbocycles. The van der Waals surface area contributed by atoms with Crippen molar-refractivity contribution in [2.75, 3.05) is 0 Å². The number of imidazole rings is 1. The molecule has 1 aromatic heterocycles. The lowest BCUT2D eigenvalue weighted by molar-refractivity contribution is 0.591. The Morgan fingerprint density at radius 1 is 1.69 bits per heavy atom. The summed E-state index contributed by atoms with van der Waals surface area (Å²) in [4.78, 5) is 4.77. The van der Waals surface area contributed by atoms with Gasteiger partial charge in [0.1, 0.15) is 5.82 Å². The SMILES string of the molecule is CCc1nccn1C(CC)C(N)=S. The van der Waals surface area contributed by atoms with Crippen LogP contribution in [0.5, 0.6) is 0 Å². The molecule has 0 saturated carbocycles. The van der Waals surface area contributed by atoms with Crippen molar-refractivity contribution in [3.8, 4) is 0 Å². The van der Waals surface area contributed by atoms with Crippen LogP contribution in [0.1, 0.15) is 32.1 Å². The topological polar surface area (TPSA) is 43.8 Å². The highest BCUT2D eigenvalue weighted by Gasteiger charge is 2.13. The minimum Gasteiger partial charge on any atom is -0.392 e. The number of rotatable bonds is 4. The Balaban J connectivity index is 2.96. The highest BCUT2D eigenvalue weighted by Crippen LogP contribution is 2.14. The maximum absolute atomic E-state index is 5.64. The second kappa shape index (κ2) is 4.37. The van der Waals surface area contributed by atoms with Crippen LogP contribution in [0.25, 0.3) is 0 Å². The van der Waals surface area contributed by atoms with Gasteiger partial charge in [-0.15, -0.1) is 0 Å². The number of aromatic nitrogens is 2. The smallest absolute Gasteiger partial charge is 0.108 e. The predicted molar refractivity (Wildman–Crippen MR) is 57.7 cm³/mol. The van der Waals surface area contributed by atoms with Crippen LogP contribution in [0, 0.1) is 0 Å². The maximum atomic E-state index is 5.64. The van der Waals surface area contributed by atoms with Crippen molar-refractivity contribution in [2.24, 2.45) is 5.73 Å². The summed E-state index contributed by atoms with van der Waals surface area (Å²) in [6.07, 6.45) is 5.55. The van der Waals surface area contributed by atoms with Crippen LogP contribution in [-0.4, -0.2) is 14.5 Å². The first-order valence-corrected chi connectivity index (χ1v) is 4.92. The zero-order valence-corrected chi connectivity index (χ0v) is 8.84. The first-order chi connectivity index (χ1) is 6.20. The zero-order valence-electron chi connectivity index (χ0n) is 8.03. The number of nitrogens with two attached hydrogens (primary N) is 1. The second-order valence-corrected chi connectivity index (χ2v) is 3.40. The van der Waals surface area contributed by atoms with Gasteiger partial charge >= 0.3 is 0 Å². The summed E-state index contributed by atoms with van der Waals surface area (Å²) < 4.78 is 2.06. The fourth-order valence-electron chi connectivity index (χ4n) is 1.44. The normalized spacial score (nSPS) is 12.8. The van der Waals surface area contributed by atoms with E-state index < -0.39 is 0 Å². The Kier molecular flexibility index (Phi) is 3.42. The van der Waals surface area contributed by atoms with E-state index in [0.717, 1.165) is 18.7 Å². The molecule has 0 fully saturated rings. The molecule has 2 N–H and O–H groups in total. The molecular weight excluding hydrogens is 182 g/mol. The molecule has 0 radical (unpaired) electrons. The number of thiocarbonyl (C=S) groups is 1. The molecule has 1 heterocycles. The van der Waals surface area contributed by atoms with Crippen molar-refractivity contribution in [3.63, 3.8) is 0 Å². The molecule has 0 bridgehead atoms. The number of hydrogen-bond acceptors (Lipinski definition) is 2. The fraction of sp³-hybridized carbons (Fsp3) is 0.556. The lowest BCUT2D eigenvalue weighted by Crippen LogP contribution is -2.25. The molecule has 1 unspecified atom stereocenters. The lowest BCUT2D eigenvalue weighted by Gasteiger charge is -2.17. The quantitative estimate of drug-likeness (QED) is 0.747. The summed E-state index contributed by atoms with van der Waals surface area (Å²) in [5.41, 5.74) is 5.64. The van der Waals surface area contributed by atoms with Crippen LogP contribution in [0.15, 0.2) is 12.4 Å². The molecule has 13 heavy (non-hydrogen) atoms. The molecule has 0 aliphatic heterocycles. The van der Waals surface area contributed by atoms with Crippen LogP contribution in [0.3, 0.4) is 0 Å². The van der Waals surface area contributed by atoms with Gasteiger partial charge in [-0.05, 0) is 6.42 Å². The average molecular weight is 197 g/mol. The summed E-state index contributed by atoms with van der Waals surface area (Å²) in [6.45, 7) is 4.15. The van der Waals surface area contributed by atoms with Gasteiger partial charge in [-0.1, -0.05) is 26.1 Å². The largest absolute Gasteiger partial charge is 0.392 e. The Morgan fingerprint density at radius 2 is 2.38 bits per heavy atom. The molecule has 1 atom stereocenters. The van der Waals surface area contributed by atoms with E-state index >= 15 is 0 Å². The molecule has 0 saturated heterocycles. The van der Waals surface area contributed by atoms with Gasteiger partial charge < -0.3 is 10.3 Å². The van der Waals surface area contributed by atoms with Gasteiger partial charge in [-0.3, -0.25) is 0 Å². The van der Waals surface area contributed by atoms with E-state index in [0.29, 0.717) is 4.99 Å². The van der Waals surface area contributed by atoms with E-state index in [-0.39, 0.29) is 6.04 Å². The van der Waals surface area contributed by atoms with Crippen LogP contribution >= 0.6 is 12.2 Å². The van der Waals surface area contributed by atoms with Gasteiger partial charge in [-0.25, -0.2) is 4.98 Å². The summed E-state index contributed by atoms with van der Waals surface area (Å²) >= 11 is 5.00. The van der Waals surface area contributed by atoms with Crippen LogP contribution in [0.2, 0.25) is 0 Å². The molecule has 0 amide bonds. The van der Waals surface area contributed by atoms with E-state index in [2.05, 4.69) is 23.4 Å². The van der Waals surface area contributed by atoms with E-state index in [4.69, 9.17) is 18.0 Å². The monoisotopic (exact) mass is 197 g/mol. The summed E-state index contributed by atoms with van der Waals surface area (Å²) in [6, 6.07) is 0.118. The molecule has 72 valence electrons. The molecule has 4 heteroatoms. The summed E-state index contributed by atoms with van der Waals surface area (Å²) in [7, 11) is 0. The minimum atomic E-state index is 0.118. The first-order valence-electron chi connectivity index (χ1n) is 4.51. The van der Waals surface area contributed by atoms with Crippen molar-refractivity contribution in [3.05, 3.63) is 18.2 Å². The third kappa shape index (κ3) is 2.06. The Morgan fingerprint density at radius 3 is 2.85 bits per heavy atom. The van der Waals surface area contributed by atoms with E-state index in [9.17, 15) is 0 Å². The minimum absolute atomic E-state index is 0.118. The van der Waals surface area contributed by atoms with Crippen LogP contribution < -0.4 is 5.73 Å². The Labute approximate surface area is 84.0 Å². The van der Waals surface area contributed by atoms with Gasteiger partial charge in [0.2, 0.25) is 0 Å². The molecule has 3 nitrogen and oxygen atoms in total. The fourth-order valence-corrected chi connectivity index (χ4v) is 1.72. The first kappa shape index (κ1) is 10.2. The zero-order chi connectivity index (χ0) is 9.84. The van der Waals surface area contributed by atoms with Gasteiger partial charge in [-0.2, -0.15) is 0 Å².